The van der Waals surface area contributed by atoms with E-state index in [1.165, 1.54) is 24.6 Å². The number of hydrogen-bond donors (Lipinski definition) is 1. The summed E-state index contributed by atoms with van der Waals surface area (Å²) in [7, 11) is 1.63. The quantitative estimate of drug-likeness (QED) is 0.762. The van der Waals surface area contributed by atoms with Crippen molar-refractivity contribution < 1.29 is 9.53 Å². The number of methoxy groups -OCH3 is 1. The normalized spacial score (nSPS) is 14.0. The maximum Gasteiger partial charge on any atom is 0.230 e. The summed E-state index contributed by atoms with van der Waals surface area (Å²) in [4.78, 5) is 14.2. The fraction of sp³-hybridized carbons (Fsp3) is 0.438. The topological polar surface area (TPSA) is 67.3 Å². The molecular weight excluding hydrogens is 344 g/mol. The van der Waals surface area contributed by atoms with Crippen LogP contribution in [0.1, 0.15) is 18.4 Å². The molecule has 1 fully saturated rings. The number of carbonyl (C=O) groups is 1. The molecule has 1 aromatic carbocycles. The van der Waals surface area contributed by atoms with E-state index in [0.29, 0.717) is 12.3 Å². The third-order valence-corrected chi connectivity index (χ3v) is 5.84. The standard InChI is InChI=1S/C16H20N4O2S2/c1-22-13-6-4-5-12(9-13)10-17-14(21)11-23-16-19-18-15(24-16)20-7-2-3-8-20/h4-6,9H,2-3,7-8,10-11H2,1H3,(H,17,21). The van der Waals surface area contributed by atoms with Crippen LogP contribution in [0.25, 0.3) is 0 Å². The highest BCUT2D eigenvalue weighted by Gasteiger charge is 2.17. The van der Waals surface area contributed by atoms with Gasteiger partial charge in [0.1, 0.15) is 5.75 Å². The Hall–Kier alpha value is -1.80. The van der Waals surface area contributed by atoms with E-state index in [2.05, 4.69) is 20.4 Å². The van der Waals surface area contributed by atoms with Crippen LogP contribution < -0.4 is 15.0 Å². The monoisotopic (exact) mass is 364 g/mol. The molecule has 2 aromatic rings. The zero-order valence-corrected chi connectivity index (χ0v) is 15.2. The zero-order valence-electron chi connectivity index (χ0n) is 13.5. The van der Waals surface area contributed by atoms with E-state index in [1.807, 2.05) is 24.3 Å². The third-order valence-electron chi connectivity index (χ3n) is 3.72. The van der Waals surface area contributed by atoms with Gasteiger partial charge < -0.3 is 15.0 Å². The van der Waals surface area contributed by atoms with Gasteiger partial charge in [0, 0.05) is 19.6 Å². The van der Waals surface area contributed by atoms with Gasteiger partial charge in [0.05, 0.1) is 12.9 Å². The first kappa shape index (κ1) is 17.0. The van der Waals surface area contributed by atoms with Gasteiger partial charge in [-0.25, -0.2) is 0 Å². The second-order valence-corrected chi connectivity index (χ2v) is 7.64. The van der Waals surface area contributed by atoms with E-state index in [1.54, 1.807) is 18.4 Å². The second-order valence-electron chi connectivity index (χ2n) is 5.46. The minimum atomic E-state index is -0.0132. The molecule has 0 radical (unpaired) electrons. The number of carbonyl (C=O) groups excluding carboxylic acids is 1. The van der Waals surface area contributed by atoms with E-state index in [9.17, 15) is 4.79 Å². The fourth-order valence-electron chi connectivity index (χ4n) is 2.46. The highest BCUT2D eigenvalue weighted by atomic mass is 32.2. The van der Waals surface area contributed by atoms with Gasteiger partial charge in [-0.15, -0.1) is 10.2 Å². The van der Waals surface area contributed by atoms with Crippen molar-refractivity contribution >= 4 is 34.1 Å². The minimum absolute atomic E-state index is 0.0132. The summed E-state index contributed by atoms with van der Waals surface area (Å²) in [5.74, 6) is 1.12. The van der Waals surface area contributed by atoms with Gasteiger partial charge >= 0.3 is 0 Å². The molecule has 1 saturated heterocycles. The molecule has 0 spiro atoms. The van der Waals surface area contributed by atoms with Gasteiger partial charge in [-0.1, -0.05) is 35.2 Å². The summed E-state index contributed by atoms with van der Waals surface area (Å²) in [5.41, 5.74) is 1.01. The number of anilines is 1. The van der Waals surface area contributed by atoms with Gasteiger partial charge in [-0.05, 0) is 30.5 Å². The van der Waals surface area contributed by atoms with E-state index >= 15 is 0 Å². The molecule has 1 N–H and O–H groups in total. The Labute approximate surface area is 149 Å². The number of benzene rings is 1. The largest absolute Gasteiger partial charge is 0.497 e. The van der Waals surface area contributed by atoms with Crippen LogP contribution in [-0.2, 0) is 11.3 Å². The molecule has 0 atom stereocenters. The van der Waals surface area contributed by atoms with Crippen LogP contribution in [0.5, 0.6) is 5.75 Å². The third kappa shape index (κ3) is 4.61. The molecule has 6 nitrogen and oxygen atoms in total. The van der Waals surface area contributed by atoms with Crippen molar-refractivity contribution in [1.29, 1.82) is 0 Å². The van der Waals surface area contributed by atoms with Crippen molar-refractivity contribution in [3.05, 3.63) is 29.8 Å². The molecule has 0 unspecified atom stereocenters. The number of nitrogens with one attached hydrogen (secondary N) is 1. The summed E-state index contributed by atoms with van der Waals surface area (Å²) < 4.78 is 6.02. The summed E-state index contributed by atoms with van der Waals surface area (Å²) >= 11 is 2.99. The highest BCUT2D eigenvalue weighted by Crippen LogP contribution is 2.29. The van der Waals surface area contributed by atoms with Crippen LogP contribution in [0, 0.1) is 0 Å². The Balaban J connectivity index is 1.43. The van der Waals surface area contributed by atoms with Crippen molar-refractivity contribution in [2.45, 2.75) is 23.7 Å². The van der Waals surface area contributed by atoms with Crippen molar-refractivity contribution in [3.8, 4) is 5.75 Å². The predicted octanol–water partition coefficient (Wildman–Crippen LogP) is 2.56. The first-order valence-electron chi connectivity index (χ1n) is 7.85. The zero-order chi connectivity index (χ0) is 16.8. The van der Waals surface area contributed by atoms with E-state index < -0.39 is 0 Å². The number of amides is 1. The SMILES string of the molecule is COc1cccc(CNC(=O)CSc2nnc(N3CCCC3)s2)c1. The second kappa shape index (κ2) is 8.34. The Morgan fingerprint density at radius 2 is 2.21 bits per heavy atom. The number of nitrogens with zero attached hydrogens (tertiary/aromatic N) is 3. The van der Waals surface area contributed by atoms with Gasteiger partial charge in [0.2, 0.25) is 11.0 Å². The molecule has 128 valence electrons. The van der Waals surface area contributed by atoms with Gasteiger partial charge in [-0.3, -0.25) is 4.79 Å². The summed E-state index contributed by atoms with van der Waals surface area (Å²) in [6.45, 7) is 2.60. The molecule has 2 heterocycles. The molecular formula is C16H20N4O2S2. The van der Waals surface area contributed by atoms with Crippen molar-refractivity contribution in [2.24, 2.45) is 0 Å². The molecule has 0 saturated carbocycles. The maximum atomic E-state index is 12.0. The van der Waals surface area contributed by atoms with Crippen molar-refractivity contribution in [2.75, 3.05) is 30.9 Å². The van der Waals surface area contributed by atoms with Crippen LogP contribution in [0.15, 0.2) is 28.6 Å². The van der Waals surface area contributed by atoms with Crippen molar-refractivity contribution in [3.63, 3.8) is 0 Å². The lowest BCUT2D eigenvalue weighted by molar-refractivity contribution is -0.118. The number of hydrogen-bond acceptors (Lipinski definition) is 7. The molecule has 8 heteroatoms. The number of aromatic nitrogens is 2. The van der Waals surface area contributed by atoms with Gasteiger partial charge in [-0.2, -0.15) is 0 Å². The number of thioether (sulfide) groups is 1. The lowest BCUT2D eigenvalue weighted by Crippen LogP contribution is -2.24. The van der Waals surface area contributed by atoms with Crippen LogP contribution in [0.2, 0.25) is 0 Å². The Kier molecular flexibility index (Phi) is 5.92. The summed E-state index contributed by atoms with van der Waals surface area (Å²) in [5, 5.41) is 12.3. The molecule has 1 aromatic heterocycles. The molecule has 1 amide bonds. The van der Waals surface area contributed by atoms with Crippen LogP contribution in [0.4, 0.5) is 5.13 Å². The minimum Gasteiger partial charge on any atom is -0.497 e. The summed E-state index contributed by atoms with van der Waals surface area (Å²) in [6.07, 6.45) is 2.43. The van der Waals surface area contributed by atoms with Gasteiger partial charge in [0.15, 0.2) is 4.34 Å². The first-order chi connectivity index (χ1) is 11.7. The van der Waals surface area contributed by atoms with E-state index in [4.69, 9.17) is 4.74 Å². The lowest BCUT2D eigenvalue weighted by Gasteiger charge is -2.10. The smallest absolute Gasteiger partial charge is 0.230 e. The van der Waals surface area contributed by atoms with Crippen LogP contribution in [-0.4, -0.2) is 42.1 Å². The molecule has 0 aliphatic carbocycles. The molecule has 1 aliphatic heterocycles. The number of ether oxygens (including phenoxy) is 1. The molecule has 0 bridgehead atoms. The van der Waals surface area contributed by atoms with E-state index in [0.717, 1.165) is 33.9 Å². The maximum absolute atomic E-state index is 12.0. The molecule has 24 heavy (non-hydrogen) atoms. The Bertz CT molecular complexity index is 686. The predicted molar refractivity (Wildman–Crippen MR) is 96.9 cm³/mol. The molecule has 1 aliphatic rings. The average molecular weight is 364 g/mol. The Morgan fingerprint density at radius 3 is 3.00 bits per heavy atom. The molecule has 3 rings (SSSR count). The highest BCUT2D eigenvalue weighted by molar-refractivity contribution is 8.01. The van der Waals surface area contributed by atoms with Crippen molar-refractivity contribution in [1.82, 2.24) is 15.5 Å². The average Bonchev–Trinajstić information content (AvgIpc) is 3.29. The number of rotatable bonds is 7. The fourth-order valence-corrected chi connectivity index (χ4v) is 4.18. The van der Waals surface area contributed by atoms with Crippen LogP contribution in [0.3, 0.4) is 0 Å². The van der Waals surface area contributed by atoms with Gasteiger partial charge in [0.25, 0.3) is 0 Å². The lowest BCUT2D eigenvalue weighted by atomic mass is 10.2. The first-order valence-corrected chi connectivity index (χ1v) is 9.65. The van der Waals surface area contributed by atoms with Crippen LogP contribution >= 0.6 is 23.1 Å². The van der Waals surface area contributed by atoms with E-state index in [-0.39, 0.29) is 5.91 Å². The Morgan fingerprint density at radius 1 is 1.38 bits per heavy atom. The summed E-state index contributed by atoms with van der Waals surface area (Å²) in [6, 6.07) is 7.67.